The van der Waals surface area contributed by atoms with Crippen molar-refractivity contribution in [2.24, 2.45) is 0 Å². The summed E-state index contributed by atoms with van der Waals surface area (Å²) in [5.74, 6) is 0.535. The van der Waals surface area contributed by atoms with Gasteiger partial charge in [0.15, 0.2) is 5.16 Å². The molecule has 1 aromatic rings. The van der Waals surface area contributed by atoms with Crippen LogP contribution in [-0.2, 0) is 0 Å². The fourth-order valence-electron chi connectivity index (χ4n) is 1.62. The number of nitrogens with two attached hydrogens (primary N) is 1. The average Bonchev–Trinajstić information content (AvgIpc) is 2.54. The van der Waals surface area contributed by atoms with Crippen molar-refractivity contribution in [2.45, 2.75) is 36.1 Å². The van der Waals surface area contributed by atoms with Gasteiger partial charge in [0.05, 0.1) is 0 Å². The number of thioether (sulfide) groups is 1. The Morgan fingerprint density at radius 3 is 2.71 bits per heavy atom. The summed E-state index contributed by atoms with van der Waals surface area (Å²) in [6.07, 6.45) is 5.23. The van der Waals surface area contributed by atoms with Crippen LogP contribution in [0, 0.1) is 0 Å². The molecule has 2 rings (SSSR count). The molecule has 3 nitrogen and oxygen atoms in total. The van der Waals surface area contributed by atoms with E-state index < -0.39 is 0 Å². The molecule has 5 heteroatoms. The number of anilines is 1. The monoisotopic (exact) mass is 273 g/mol. The predicted octanol–water partition coefficient (Wildman–Crippen LogP) is 2.86. The van der Waals surface area contributed by atoms with Gasteiger partial charge >= 0.3 is 0 Å². The van der Waals surface area contributed by atoms with E-state index in [0.717, 1.165) is 9.76 Å². The Morgan fingerprint density at radius 2 is 2.07 bits per heavy atom. The van der Waals surface area contributed by atoms with Crippen molar-refractivity contribution < 1.29 is 0 Å². The molecular formula is C9H12BrN3S. The molecule has 0 unspecified atom stereocenters. The molecule has 1 heterocycles. The van der Waals surface area contributed by atoms with Crippen LogP contribution in [0.25, 0.3) is 0 Å². The highest BCUT2D eigenvalue weighted by atomic mass is 79.9. The van der Waals surface area contributed by atoms with Crippen molar-refractivity contribution in [3.8, 4) is 0 Å². The highest BCUT2D eigenvalue weighted by Gasteiger charge is 2.17. The summed E-state index contributed by atoms with van der Waals surface area (Å²) in [7, 11) is 0. The molecule has 0 aliphatic heterocycles. The van der Waals surface area contributed by atoms with Gasteiger partial charge in [0.2, 0.25) is 0 Å². The van der Waals surface area contributed by atoms with Gasteiger partial charge in [-0.05, 0) is 28.8 Å². The minimum atomic E-state index is 0.535. The second kappa shape index (κ2) is 4.49. The number of nitrogen functional groups attached to an aromatic ring is 1. The van der Waals surface area contributed by atoms with Crippen molar-refractivity contribution in [1.82, 2.24) is 9.97 Å². The van der Waals surface area contributed by atoms with Crippen LogP contribution < -0.4 is 5.73 Å². The summed E-state index contributed by atoms with van der Waals surface area (Å²) in [6.45, 7) is 0. The normalized spacial score (nSPS) is 17.5. The Balaban J connectivity index is 2.07. The Labute approximate surface area is 96.0 Å². The van der Waals surface area contributed by atoms with Gasteiger partial charge in [0.25, 0.3) is 0 Å². The number of aromatic nitrogens is 2. The van der Waals surface area contributed by atoms with Gasteiger partial charge in [0, 0.05) is 11.3 Å². The first-order valence-electron chi connectivity index (χ1n) is 4.71. The maximum absolute atomic E-state index is 5.64. The molecule has 1 fully saturated rings. The second-order valence-corrected chi connectivity index (χ2v) is 5.50. The van der Waals surface area contributed by atoms with E-state index in [4.69, 9.17) is 5.73 Å². The molecule has 2 N–H and O–H groups in total. The molecule has 0 atom stereocenters. The Bertz CT molecular complexity index is 306. The van der Waals surface area contributed by atoms with E-state index in [1.807, 2.05) is 0 Å². The van der Waals surface area contributed by atoms with Crippen LogP contribution >= 0.6 is 27.7 Å². The molecule has 1 aliphatic carbocycles. The van der Waals surface area contributed by atoms with E-state index in [1.54, 1.807) is 17.8 Å². The molecule has 0 bridgehead atoms. The number of hydrogen-bond acceptors (Lipinski definition) is 4. The number of hydrogen-bond donors (Lipinski definition) is 1. The first-order chi connectivity index (χ1) is 6.74. The number of rotatable bonds is 2. The van der Waals surface area contributed by atoms with E-state index in [9.17, 15) is 0 Å². The zero-order valence-electron chi connectivity index (χ0n) is 7.74. The third-order valence-electron chi connectivity index (χ3n) is 2.27. The zero-order chi connectivity index (χ0) is 9.97. The van der Waals surface area contributed by atoms with Crippen LogP contribution in [0.3, 0.4) is 0 Å². The summed E-state index contributed by atoms with van der Waals surface area (Å²) in [4.78, 5) is 8.48. The molecule has 0 radical (unpaired) electrons. The zero-order valence-corrected chi connectivity index (χ0v) is 10.1. The third kappa shape index (κ3) is 2.60. The lowest BCUT2D eigenvalue weighted by Gasteiger charge is -2.07. The fraction of sp³-hybridized carbons (Fsp3) is 0.556. The lowest BCUT2D eigenvalue weighted by Crippen LogP contribution is -1.99. The Hall–Kier alpha value is -0.290. The third-order valence-corrected chi connectivity index (χ3v) is 3.87. The summed E-state index contributed by atoms with van der Waals surface area (Å²) < 4.78 is 0.769. The van der Waals surface area contributed by atoms with Gasteiger partial charge in [0.1, 0.15) is 10.4 Å². The van der Waals surface area contributed by atoms with Crippen molar-refractivity contribution in [1.29, 1.82) is 0 Å². The molecule has 1 aromatic heterocycles. The predicted molar refractivity (Wildman–Crippen MR) is 62.3 cm³/mol. The van der Waals surface area contributed by atoms with Crippen molar-refractivity contribution >= 4 is 33.5 Å². The van der Waals surface area contributed by atoms with Crippen LogP contribution in [0.15, 0.2) is 15.8 Å². The van der Waals surface area contributed by atoms with Crippen molar-refractivity contribution in [3.05, 3.63) is 10.7 Å². The smallest absolute Gasteiger partial charge is 0.190 e. The molecule has 14 heavy (non-hydrogen) atoms. The van der Waals surface area contributed by atoms with Gasteiger partial charge < -0.3 is 5.73 Å². The summed E-state index contributed by atoms with van der Waals surface area (Å²) in [5, 5.41) is 1.48. The molecule has 1 saturated carbocycles. The highest BCUT2D eigenvalue weighted by molar-refractivity contribution is 9.10. The van der Waals surface area contributed by atoms with E-state index in [0.29, 0.717) is 11.1 Å². The first kappa shape index (κ1) is 10.2. The van der Waals surface area contributed by atoms with Crippen molar-refractivity contribution in [2.75, 3.05) is 5.73 Å². The van der Waals surface area contributed by atoms with Crippen molar-refractivity contribution in [3.63, 3.8) is 0 Å². The van der Waals surface area contributed by atoms with Crippen LogP contribution in [0.5, 0.6) is 0 Å². The maximum atomic E-state index is 5.64. The van der Waals surface area contributed by atoms with Gasteiger partial charge in [-0.3, -0.25) is 0 Å². The standard InChI is InChI=1S/C9H12BrN3S/c10-7-5-8(11)13-9(12-7)14-6-3-1-2-4-6/h5-6H,1-4H2,(H2,11,12,13). The van der Waals surface area contributed by atoms with Crippen LogP contribution in [0.4, 0.5) is 5.82 Å². The SMILES string of the molecule is Nc1cc(Br)nc(SC2CCCC2)n1. The lowest BCUT2D eigenvalue weighted by molar-refractivity contribution is 0.882. The van der Waals surface area contributed by atoms with Crippen LogP contribution in [-0.4, -0.2) is 15.2 Å². The number of nitrogens with zero attached hydrogens (tertiary/aromatic N) is 2. The summed E-state index contributed by atoms with van der Waals surface area (Å²) in [5.41, 5.74) is 5.64. The van der Waals surface area contributed by atoms with E-state index in [2.05, 4.69) is 25.9 Å². The van der Waals surface area contributed by atoms with Crippen LogP contribution in [0.1, 0.15) is 25.7 Å². The summed E-state index contributed by atoms with van der Waals surface area (Å²) >= 11 is 5.07. The maximum Gasteiger partial charge on any atom is 0.190 e. The number of halogens is 1. The molecular weight excluding hydrogens is 262 g/mol. The molecule has 1 aliphatic rings. The van der Waals surface area contributed by atoms with E-state index in [-0.39, 0.29) is 0 Å². The highest BCUT2D eigenvalue weighted by Crippen LogP contribution is 2.33. The van der Waals surface area contributed by atoms with E-state index >= 15 is 0 Å². The minimum Gasteiger partial charge on any atom is -0.384 e. The van der Waals surface area contributed by atoms with Gasteiger partial charge in [-0.25, -0.2) is 9.97 Å². The second-order valence-electron chi connectivity index (χ2n) is 3.42. The topological polar surface area (TPSA) is 51.8 Å². The fourth-order valence-corrected chi connectivity index (χ4v) is 3.32. The summed E-state index contributed by atoms with van der Waals surface area (Å²) in [6, 6.07) is 1.72. The quantitative estimate of drug-likeness (QED) is 0.665. The minimum absolute atomic E-state index is 0.535. The molecule has 0 amide bonds. The molecule has 0 spiro atoms. The van der Waals surface area contributed by atoms with Gasteiger partial charge in [-0.1, -0.05) is 24.6 Å². The Morgan fingerprint density at radius 1 is 1.36 bits per heavy atom. The van der Waals surface area contributed by atoms with Crippen LogP contribution in [0.2, 0.25) is 0 Å². The van der Waals surface area contributed by atoms with Gasteiger partial charge in [-0.2, -0.15) is 0 Å². The molecule has 0 aromatic carbocycles. The molecule has 76 valence electrons. The van der Waals surface area contributed by atoms with Gasteiger partial charge in [-0.15, -0.1) is 0 Å². The Kier molecular flexibility index (Phi) is 3.28. The lowest BCUT2D eigenvalue weighted by atomic mass is 10.4. The van der Waals surface area contributed by atoms with E-state index in [1.165, 1.54) is 25.7 Å². The first-order valence-corrected chi connectivity index (χ1v) is 6.38. The largest absolute Gasteiger partial charge is 0.384 e. The molecule has 0 saturated heterocycles. The average molecular weight is 274 g/mol.